The number of nitrogens with zero attached hydrogens (tertiary/aromatic N) is 1. The molecule has 0 unspecified atom stereocenters. The van der Waals surface area contributed by atoms with E-state index in [1.165, 1.54) is 0 Å². The van der Waals surface area contributed by atoms with Crippen LogP contribution in [0.4, 0.5) is 0 Å². The summed E-state index contributed by atoms with van der Waals surface area (Å²) < 4.78 is 30.9. The molecular formula is C16H24N2O4S. The Kier molecular flexibility index (Phi) is 6.15. The van der Waals surface area contributed by atoms with E-state index in [1.807, 2.05) is 30.3 Å². The number of ether oxygens (including phenoxy) is 1. The van der Waals surface area contributed by atoms with Crippen LogP contribution in [0, 0.1) is 0 Å². The highest BCUT2D eigenvalue weighted by Gasteiger charge is 2.28. The number of likely N-dealkylation sites (tertiary alicyclic amines) is 1. The zero-order chi connectivity index (χ0) is 16.9. The zero-order valence-electron chi connectivity index (χ0n) is 13.6. The van der Waals surface area contributed by atoms with Gasteiger partial charge in [-0.25, -0.2) is 13.1 Å². The predicted octanol–water partition coefficient (Wildman–Crippen LogP) is 1.13. The van der Waals surface area contributed by atoms with Crippen LogP contribution in [0.5, 0.6) is 0 Å². The van der Waals surface area contributed by atoms with Crippen molar-refractivity contribution in [1.82, 2.24) is 9.62 Å². The first-order valence-corrected chi connectivity index (χ1v) is 9.66. The smallest absolute Gasteiger partial charge is 0.251 e. The molecule has 7 heteroatoms. The second-order valence-corrected chi connectivity index (χ2v) is 7.73. The number of hydrogen-bond donors (Lipinski definition) is 1. The monoisotopic (exact) mass is 340 g/mol. The standard InChI is InChI=1S/C16H24N2O4S/c1-13(22-12-14-7-4-3-5-8-14)16(19)18-10-6-9-15(11-18)17-23(2,20)21/h3-5,7-8,13,15,17H,6,9-12H2,1-2H3/t13-,15+/m1/s1. The number of benzene rings is 1. The summed E-state index contributed by atoms with van der Waals surface area (Å²) in [4.78, 5) is 14.1. The molecule has 0 aromatic heterocycles. The minimum absolute atomic E-state index is 0.0964. The molecule has 6 nitrogen and oxygen atoms in total. The Hall–Kier alpha value is -1.44. The molecule has 0 spiro atoms. The van der Waals surface area contributed by atoms with Crippen molar-refractivity contribution in [2.45, 2.75) is 38.5 Å². The largest absolute Gasteiger partial charge is 0.364 e. The number of carbonyl (C=O) groups is 1. The van der Waals surface area contributed by atoms with Crippen LogP contribution in [-0.2, 0) is 26.2 Å². The van der Waals surface area contributed by atoms with Crippen LogP contribution in [0.2, 0.25) is 0 Å². The normalized spacial score (nSPS) is 20.3. The predicted molar refractivity (Wildman–Crippen MR) is 88.3 cm³/mol. The van der Waals surface area contributed by atoms with Gasteiger partial charge >= 0.3 is 0 Å². The molecule has 0 radical (unpaired) electrons. The quantitative estimate of drug-likeness (QED) is 0.842. The summed E-state index contributed by atoms with van der Waals surface area (Å²) in [6.45, 7) is 3.15. The van der Waals surface area contributed by atoms with Gasteiger partial charge in [0.1, 0.15) is 6.10 Å². The van der Waals surface area contributed by atoms with Crippen molar-refractivity contribution in [1.29, 1.82) is 0 Å². The third-order valence-corrected chi connectivity index (χ3v) is 4.57. The van der Waals surface area contributed by atoms with Gasteiger partial charge in [0.05, 0.1) is 12.9 Å². The van der Waals surface area contributed by atoms with Crippen LogP contribution in [0.25, 0.3) is 0 Å². The molecule has 0 saturated carbocycles. The molecule has 1 aromatic carbocycles. The molecule has 1 aliphatic heterocycles. The molecule has 128 valence electrons. The topological polar surface area (TPSA) is 75.7 Å². The summed E-state index contributed by atoms with van der Waals surface area (Å²) in [5, 5.41) is 0. The lowest BCUT2D eigenvalue weighted by molar-refractivity contribution is -0.144. The lowest BCUT2D eigenvalue weighted by Crippen LogP contribution is -2.51. The SMILES string of the molecule is C[C@@H](OCc1ccccc1)C(=O)N1CCC[C@H](NS(C)(=O)=O)C1. The first kappa shape index (κ1) is 17.9. The molecular weight excluding hydrogens is 316 g/mol. The minimum atomic E-state index is -3.26. The number of sulfonamides is 1. The molecule has 1 amide bonds. The van der Waals surface area contributed by atoms with Crippen LogP contribution in [0.1, 0.15) is 25.3 Å². The molecule has 1 N–H and O–H groups in total. The summed E-state index contributed by atoms with van der Waals surface area (Å²) >= 11 is 0. The van der Waals surface area contributed by atoms with E-state index in [0.29, 0.717) is 19.7 Å². The van der Waals surface area contributed by atoms with Crippen molar-refractivity contribution in [3.63, 3.8) is 0 Å². The molecule has 2 rings (SSSR count). The van der Waals surface area contributed by atoms with E-state index in [1.54, 1.807) is 11.8 Å². The van der Waals surface area contributed by atoms with E-state index in [-0.39, 0.29) is 11.9 Å². The average molecular weight is 340 g/mol. The van der Waals surface area contributed by atoms with Gasteiger partial charge in [-0.1, -0.05) is 30.3 Å². The van der Waals surface area contributed by atoms with Crippen LogP contribution in [0.15, 0.2) is 30.3 Å². The van der Waals surface area contributed by atoms with Crippen LogP contribution < -0.4 is 4.72 Å². The summed E-state index contributed by atoms with van der Waals surface area (Å²) in [6.07, 6.45) is 2.12. The molecule has 2 atom stereocenters. The maximum atomic E-state index is 12.5. The Morgan fingerprint density at radius 2 is 2.09 bits per heavy atom. The molecule has 1 aliphatic rings. The second kappa shape index (κ2) is 7.90. The van der Waals surface area contributed by atoms with Crippen molar-refractivity contribution < 1.29 is 17.9 Å². The van der Waals surface area contributed by atoms with Gasteiger partial charge in [0.25, 0.3) is 5.91 Å². The number of carbonyl (C=O) groups excluding carboxylic acids is 1. The Morgan fingerprint density at radius 3 is 2.74 bits per heavy atom. The molecule has 1 aromatic rings. The number of rotatable bonds is 6. The first-order valence-electron chi connectivity index (χ1n) is 7.77. The lowest BCUT2D eigenvalue weighted by Gasteiger charge is -2.34. The van der Waals surface area contributed by atoms with Crippen molar-refractivity contribution in [2.75, 3.05) is 19.3 Å². The van der Waals surface area contributed by atoms with Gasteiger partial charge in [0.15, 0.2) is 0 Å². The number of nitrogens with one attached hydrogen (secondary N) is 1. The van der Waals surface area contributed by atoms with Crippen molar-refractivity contribution >= 4 is 15.9 Å². The van der Waals surface area contributed by atoms with Gasteiger partial charge in [-0.15, -0.1) is 0 Å². The lowest BCUT2D eigenvalue weighted by atomic mass is 10.1. The minimum Gasteiger partial charge on any atom is -0.364 e. The van der Waals surface area contributed by atoms with Crippen LogP contribution in [0.3, 0.4) is 0 Å². The fourth-order valence-electron chi connectivity index (χ4n) is 2.70. The fourth-order valence-corrected chi connectivity index (χ4v) is 3.50. The summed E-state index contributed by atoms with van der Waals surface area (Å²) in [5.74, 6) is -0.0964. The third kappa shape index (κ3) is 5.93. The molecule has 1 fully saturated rings. The van der Waals surface area contributed by atoms with Gasteiger partial charge < -0.3 is 9.64 Å². The summed E-state index contributed by atoms with van der Waals surface area (Å²) in [7, 11) is -3.26. The van der Waals surface area contributed by atoms with Gasteiger partial charge in [0.2, 0.25) is 10.0 Å². The van der Waals surface area contributed by atoms with E-state index < -0.39 is 16.1 Å². The molecule has 1 heterocycles. The Morgan fingerprint density at radius 1 is 1.39 bits per heavy atom. The molecule has 0 bridgehead atoms. The van der Waals surface area contributed by atoms with Crippen LogP contribution >= 0.6 is 0 Å². The highest BCUT2D eigenvalue weighted by Crippen LogP contribution is 2.14. The number of amides is 1. The summed E-state index contributed by atoms with van der Waals surface area (Å²) in [5.41, 5.74) is 1.02. The number of hydrogen-bond acceptors (Lipinski definition) is 4. The van der Waals surface area contributed by atoms with Gasteiger partial charge in [-0.05, 0) is 25.3 Å². The van der Waals surface area contributed by atoms with E-state index in [2.05, 4.69) is 4.72 Å². The maximum Gasteiger partial charge on any atom is 0.251 e. The Bertz CT molecular complexity index is 618. The highest BCUT2D eigenvalue weighted by atomic mass is 32.2. The van der Waals surface area contributed by atoms with Crippen LogP contribution in [-0.4, -0.2) is 50.7 Å². The highest BCUT2D eigenvalue weighted by molar-refractivity contribution is 7.88. The molecule has 0 aliphatic carbocycles. The Labute approximate surface area is 137 Å². The fraction of sp³-hybridized carbons (Fsp3) is 0.562. The van der Waals surface area contributed by atoms with E-state index in [4.69, 9.17) is 4.74 Å². The van der Waals surface area contributed by atoms with E-state index >= 15 is 0 Å². The van der Waals surface area contributed by atoms with Crippen molar-refractivity contribution in [2.24, 2.45) is 0 Å². The van der Waals surface area contributed by atoms with Gasteiger partial charge in [-0.2, -0.15) is 0 Å². The van der Waals surface area contributed by atoms with E-state index in [0.717, 1.165) is 24.7 Å². The van der Waals surface area contributed by atoms with Crippen molar-refractivity contribution in [3.05, 3.63) is 35.9 Å². The first-order chi connectivity index (χ1) is 10.8. The van der Waals surface area contributed by atoms with E-state index in [9.17, 15) is 13.2 Å². The third-order valence-electron chi connectivity index (χ3n) is 3.80. The van der Waals surface area contributed by atoms with Gasteiger partial charge in [0, 0.05) is 19.1 Å². The van der Waals surface area contributed by atoms with Crippen molar-refractivity contribution in [3.8, 4) is 0 Å². The average Bonchev–Trinajstić information content (AvgIpc) is 2.51. The van der Waals surface area contributed by atoms with Gasteiger partial charge in [-0.3, -0.25) is 4.79 Å². The molecule has 1 saturated heterocycles. The maximum absolute atomic E-state index is 12.5. The zero-order valence-corrected chi connectivity index (χ0v) is 14.4. The molecule has 23 heavy (non-hydrogen) atoms. The Balaban J connectivity index is 1.86. The summed E-state index contributed by atoms with van der Waals surface area (Å²) in [6, 6.07) is 9.47. The number of piperidine rings is 1. The second-order valence-electron chi connectivity index (χ2n) is 5.95.